The summed E-state index contributed by atoms with van der Waals surface area (Å²) in [6, 6.07) is 7.32. The highest BCUT2D eigenvalue weighted by molar-refractivity contribution is 9.10. The summed E-state index contributed by atoms with van der Waals surface area (Å²) in [6.07, 6.45) is 4.71. The van der Waals surface area contributed by atoms with Crippen molar-refractivity contribution < 1.29 is 9.59 Å². The number of likely N-dealkylation sites (tertiary alicyclic amines) is 1. The number of halogens is 1. The summed E-state index contributed by atoms with van der Waals surface area (Å²) in [7, 11) is 0. The third kappa shape index (κ3) is 5.16. The molecule has 0 aliphatic carbocycles. The number of carbonyl (C=O) groups is 2. The van der Waals surface area contributed by atoms with Crippen LogP contribution < -0.4 is 5.32 Å². The van der Waals surface area contributed by atoms with Gasteiger partial charge in [-0.15, -0.1) is 0 Å². The molecular weight excluding hydrogens is 332 g/mol. The van der Waals surface area contributed by atoms with Crippen LogP contribution in [0.4, 0.5) is 0 Å². The van der Waals surface area contributed by atoms with E-state index in [9.17, 15) is 9.59 Å². The first-order chi connectivity index (χ1) is 10.2. The van der Waals surface area contributed by atoms with Crippen LogP contribution in [0.15, 0.2) is 28.7 Å². The number of rotatable bonds is 5. The Morgan fingerprint density at radius 1 is 1.29 bits per heavy atom. The quantitative estimate of drug-likeness (QED) is 0.828. The Hall–Kier alpha value is -1.36. The van der Waals surface area contributed by atoms with Gasteiger partial charge in [0.25, 0.3) is 5.91 Å². The fourth-order valence-electron chi connectivity index (χ4n) is 2.48. The van der Waals surface area contributed by atoms with Gasteiger partial charge in [0.05, 0.1) is 0 Å². The van der Waals surface area contributed by atoms with Crippen LogP contribution in [0.3, 0.4) is 0 Å². The van der Waals surface area contributed by atoms with Crippen LogP contribution in [0, 0.1) is 0 Å². The Labute approximate surface area is 134 Å². The second kappa shape index (κ2) is 8.17. The predicted molar refractivity (Wildman–Crippen MR) is 86.1 cm³/mol. The Balaban J connectivity index is 1.71. The number of nitrogens with zero attached hydrogens (tertiary/aromatic N) is 1. The summed E-state index contributed by atoms with van der Waals surface area (Å²) >= 11 is 3.35. The second-order valence-electron chi connectivity index (χ2n) is 5.31. The maximum absolute atomic E-state index is 12.0. The zero-order chi connectivity index (χ0) is 15.1. The number of benzene rings is 1. The maximum Gasteiger partial charge on any atom is 0.251 e. The van der Waals surface area contributed by atoms with E-state index in [2.05, 4.69) is 21.2 Å². The first-order valence-electron chi connectivity index (χ1n) is 7.48. The van der Waals surface area contributed by atoms with Crippen LogP contribution >= 0.6 is 15.9 Å². The first kappa shape index (κ1) is 16.0. The van der Waals surface area contributed by atoms with Crippen molar-refractivity contribution in [1.29, 1.82) is 0 Å². The summed E-state index contributed by atoms with van der Waals surface area (Å²) < 4.78 is 0.894. The van der Waals surface area contributed by atoms with E-state index in [-0.39, 0.29) is 11.8 Å². The van der Waals surface area contributed by atoms with E-state index in [0.29, 0.717) is 18.5 Å². The number of hydrogen-bond acceptors (Lipinski definition) is 2. The minimum Gasteiger partial charge on any atom is -0.352 e. The number of nitrogens with one attached hydrogen (secondary N) is 1. The van der Waals surface area contributed by atoms with Crippen molar-refractivity contribution in [3.05, 3.63) is 34.3 Å². The molecule has 1 fully saturated rings. The fourth-order valence-corrected chi connectivity index (χ4v) is 2.88. The van der Waals surface area contributed by atoms with Crippen LogP contribution in [0.25, 0.3) is 0 Å². The van der Waals surface area contributed by atoms with Crippen LogP contribution in [0.5, 0.6) is 0 Å². The van der Waals surface area contributed by atoms with Gasteiger partial charge in [-0.25, -0.2) is 0 Å². The minimum atomic E-state index is -0.0708. The minimum absolute atomic E-state index is 0.0708. The van der Waals surface area contributed by atoms with E-state index in [1.165, 1.54) is 0 Å². The fraction of sp³-hybridized carbons (Fsp3) is 0.500. The number of hydrogen-bond donors (Lipinski definition) is 1. The standard InChI is InChI=1S/C16H21BrN2O2/c17-14-7-4-6-13(12-14)16(21)18-9-5-11-19-10-3-1-2-8-15(19)20/h4,6-7,12H,1-3,5,8-11H2,(H,18,21). The molecule has 0 aromatic heterocycles. The third-order valence-electron chi connectivity index (χ3n) is 3.65. The van der Waals surface area contributed by atoms with Crippen molar-refractivity contribution in [3.8, 4) is 0 Å². The molecule has 1 aromatic carbocycles. The first-order valence-corrected chi connectivity index (χ1v) is 8.27. The lowest BCUT2D eigenvalue weighted by atomic mass is 10.2. The number of amides is 2. The van der Waals surface area contributed by atoms with Crippen molar-refractivity contribution in [1.82, 2.24) is 10.2 Å². The lowest BCUT2D eigenvalue weighted by Gasteiger charge is -2.20. The molecular formula is C16H21BrN2O2. The second-order valence-corrected chi connectivity index (χ2v) is 6.23. The van der Waals surface area contributed by atoms with E-state index < -0.39 is 0 Å². The van der Waals surface area contributed by atoms with Gasteiger partial charge in [0, 0.05) is 36.1 Å². The summed E-state index contributed by atoms with van der Waals surface area (Å²) in [5.41, 5.74) is 0.648. The lowest BCUT2D eigenvalue weighted by Crippen LogP contribution is -2.34. The van der Waals surface area contributed by atoms with Gasteiger partial charge in [-0.05, 0) is 37.5 Å². The predicted octanol–water partition coefficient (Wildman–Crippen LogP) is 2.97. The SMILES string of the molecule is O=C(NCCCN1CCCCCC1=O)c1cccc(Br)c1. The maximum atomic E-state index is 12.0. The van der Waals surface area contributed by atoms with Gasteiger partial charge in [0.2, 0.25) is 5.91 Å². The van der Waals surface area contributed by atoms with Crippen LogP contribution in [-0.4, -0.2) is 36.3 Å². The molecule has 1 saturated heterocycles. The summed E-state index contributed by atoms with van der Waals surface area (Å²) in [5.74, 6) is 0.185. The van der Waals surface area contributed by atoms with Crippen LogP contribution in [0.2, 0.25) is 0 Å². The third-order valence-corrected chi connectivity index (χ3v) is 4.14. The molecule has 1 aliphatic rings. The molecule has 1 N–H and O–H groups in total. The zero-order valence-electron chi connectivity index (χ0n) is 12.1. The highest BCUT2D eigenvalue weighted by atomic mass is 79.9. The average molecular weight is 353 g/mol. The molecule has 2 rings (SSSR count). The van der Waals surface area contributed by atoms with Crippen molar-refractivity contribution in [2.45, 2.75) is 32.1 Å². The topological polar surface area (TPSA) is 49.4 Å². The van der Waals surface area contributed by atoms with Gasteiger partial charge in [-0.2, -0.15) is 0 Å². The molecule has 4 nitrogen and oxygen atoms in total. The van der Waals surface area contributed by atoms with Crippen molar-refractivity contribution in [3.63, 3.8) is 0 Å². The summed E-state index contributed by atoms with van der Waals surface area (Å²) in [5, 5.41) is 2.90. The van der Waals surface area contributed by atoms with Gasteiger partial charge in [-0.1, -0.05) is 28.4 Å². The highest BCUT2D eigenvalue weighted by Gasteiger charge is 2.15. The molecule has 0 spiro atoms. The molecule has 0 radical (unpaired) electrons. The molecule has 0 saturated carbocycles. The van der Waals surface area contributed by atoms with Crippen molar-refractivity contribution >= 4 is 27.7 Å². The van der Waals surface area contributed by atoms with Crippen molar-refractivity contribution in [2.75, 3.05) is 19.6 Å². The highest BCUT2D eigenvalue weighted by Crippen LogP contribution is 2.12. The summed E-state index contributed by atoms with van der Waals surface area (Å²) in [4.78, 5) is 25.7. The zero-order valence-corrected chi connectivity index (χ0v) is 13.7. The normalized spacial score (nSPS) is 15.7. The van der Waals surface area contributed by atoms with E-state index >= 15 is 0 Å². The molecule has 5 heteroatoms. The molecule has 0 bridgehead atoms. The summed E-state index contributed by atoms with van der Waals surface area (Å²) in [6.45, 7) is 2.19. The Kier molecular flexibility index (Phi) is 6.23. The van der Waals surface area contributed by atoms with E-state index in [0.717, 1.165) is 43.2 Å². The molecule has 1 aliphatic heterocycles. The monoisotopic (exact) mass is 352 g/mol. The molecule has 1 aromatic rings. The van der Waals surface area contributed by atoms with E-state index in [4.69, 9.17) is 0 Å². The van der Waals surface area contributed by atoms with Crippen LogP contribution in [0.1, 0.15) is 42.5 Å². The van der Waals surface area contributed by atoms with Gasteiger partial charge in [-0.3, -0.25) is 9.59 Å². The molecule has 1 heterocycles. The molecule has 0 unspecified atom stereocenters. The van der Waals surface area contributed by atoms with Gasteiger partial charge < -0.3 is 10.2 Å². The Morgan fingerprint density at radius 2 is 2.14 bits per heavy atom. The molecule has 0 atom stereocenters. The molecule has 114 valence electrons. The average Bonchev–Trinajstić information content (AvgIpc) is 2.68. The van der Waals surface area contributed by atoms with E-state index in [1.807, 2.05) is 17.0 Å². The molecule has 21 heavy (non-hydrogen) atoms. The van der Waals surface area contributed by atoms with E-state index in [1.54, 1.807) is 12.1 Å². The molecule has 2 amide bonds. The largest absolute Gasteiger partial charge is 0.352 e. The number of carbonyl (C=O) groups excluding carboxylic acids is 2. The van der Waals surface area contributed by atoms with Gasteiger partial charge in [0.1, 0.15) is 0 Å². The van der Waals surface area contributed by atoms with Crippen LogP contribution in [-0.2, 0) is 4.79 Å². The Bertz CT molecular complexity index is 505. The van der Waals surface area contributed by atoms with Gasteiger partial charge >= 0.3 is 0 Å². The van der Waals surface area contributed by atoms with Crippen molar-refractivity contribution in [2.24, 2.45) is 0 Å². The Morgan fingerprint density at radius 3 is 2.95 bits per heavy atom. The lowest BCUT2D eigenvalue weighted by molar-refractivity contribution is -0.130. The smallest absolute Gasteiger partial charge is 0.251 e. The van der Waals surface area contributed by atoms with Gasteiger partial charge in [0.15, 0.2) is 0 Å².